The Balaban J connectivity index is 1.75. The topological polar surface area (TPSA) is 77.8 Å². The highest BCUT2D eigenvalue weighted by Crippen LogP contribution is 2.46. The third-order valence-corrected chi connectivity index (χ3v) is 6.13. The number of aromatic nitrogens is 1. The third-order valence-electron chi connectivity index (χ3n) is 6.13. The number of carbonyl (C=O) groups excluding carboxylic acids is 2. The van der Waals surface area contributed by atoms with Crippen LogP contribution in [0.15, 0.2) is 65.1 Å². The Hall–Kier alpha value is -3.28. The van der Waals surface area contributed by atoms with Crippen molar-refractivity contribution in [2.45, 2.75) is 51.6 Å². The molecular formula is C26H28N2O4. The van der Waals surface area contributed by atoms with Crippen molar-refractivity contribution >= 4 is 17.5 Å². The highest BCUT2D eigenvalue weighted by molar-refractivity contribution is 6.09. The van der Waals surface area contributed by atoms with E-state index in [9.17, 15) is 9.59 Å². The van der Waals surface area contributed by atoms with Crippen LogP contribution in [0.3, 0.4) is 0 Å². The maximum Gasteiger partial charge on any atom is 0.315 e. The van der Waals surface area contributed by atoms with E-state index < -0.39 is 11.8 Å². The zero-order chi connectivity index (χ0) is 22.8. The minimum absolute atomic E-state index is 0.0273. The molecule has 6 nitrogen and oxygen atoms in total. The van der Waals surface area contributed by atoms with Crippen molar-refractivity contribution in [3.63, 3.8) is 0 Å². The largest absolute Gasteiger partial charge is 0.497 e. The van der Waals surface area contributed by atoms with E-state index in [0.29, 0.717) is 24.1 Å². The fraction of sp³-hybridized carbons (Fsp3) is 0.385. The predicted molar refractivity (Wildman–Crippen MR) is 122 cm³/mol. The van der Waals surface area contributed by atoms with Gasteiger partial charge in [-0.25, -0.2) is 0 Å². The van der Waals surface area contributed by atoms with Gasteiger partial charge in [0.15, 0.2) is 5.78 Å². The van der Waals surface area contributed by atoms with Gasteiger partial charge in [0.1, 0.15) is 11.7 Å². The van der Waals surface area contributed by atoms with Gasteiger partial charge in [0.25, 0.3) is 0 Å². The van der Waals surface area contributed by atoms with Crippen molar-refractivity contribution in [1.82, 2.24) is 4.98 Å². The lowest BCUT2D eigenvalue weighted by molar-refractivity contribution is -0.150. The van der Waals surface area contributed by atoms with Crippen molar-refractivity contribution in [2.75, 3.05) is 7.11 Å². The molecule has 2 heterocycles. The first-order valence-electron chi connectivity index (χ1n) is 10.9. The lowest BCUT2D eigenvalue weighted by atomic mass is 9.69. The monoisotopic (exact) mass is 432 g/mol. The second-order valence-electron chi connectivity index (χ2n) is 8.64. The lowest BCUT2D eigenvalue weighted by Gasteiger charge is -2.36. The van der Waals surface area contributed by atoms with Gasteiger partial charge in [0.2, 0.25) is 0 Å². The number of pyridine rings is 1. The summed E-state index contributed by atoms with van der Waals surface area (Å²) in [5.41, 5.74) is 3.97. The number of carbonyl (C=O) groups is 2. The first kappa shape index (κ1) is 21.9. The number of aliphatic imine (C=N–C) groups is 1. The number of Topliss-reactive ketones (excluding diaryl/α,β-unsaturated/α-hetero) is 1. The molecule has 32 heavy (non-hydrogen) atoms. The Morgan fingerprint density at radius 1 is 1.09 bits per heavy atom. The van der Waals surface area contributed by atoms with Gasteiger partial charge >= 0.3 is 5.97 Å². The van der Waals surface area contributed by atoms with E-state index in [2.05, 4.69) is 4.98 Å². The Morgan fingerprint density at radius 2 is 1.84 bits per heavy atom. The lowest BCUT2D eigenvalue weighted by Crippen LogP contribution is -2.38. The van der Waals surface area contributed by atoms with Crippen molar-refractivity contribution in [3.05, 3.63) is 71.2 Å². The molecule has 1 aliphatic carbocycles. The molecule has 1 unspecified atom stereocenters. The molecule has 0 saturated carbocycles. The van der Waals surface area contributed by atoms with E-state index >= 15 is 0 Å². The van der Waals surface area contributed by atoms with Crippen molar-refractivity contribution in [3.8, 4) is 5.75 Å². The highest BCUT2D eigenvalue weighted by Gasteiger charge is 2.45. The van der Waals surface area contributed by atoms with Gasteiger partial charge in [-0.1, -0.05) is 18.2 Å². The number of hydrogen-bond donors (Lipinski definition) is 0. The summed E-state index contributed by atoms with van der Waals surface area (Å²) in [5.74, 6) is -0.581. The third kappa shape index (κ3) is 4.22. The van der Waals surface area contributed by atoms with E-state index in [4.69, 9.17) is 14.5 Å². The van der Waals surface area contributed by atoms with Crippen LogP contribution in [-0.2, 0) is 14.3 Å². The van der Waals surface area contributed by atoms with E-state index in [-0.39, 0.29) is 23.8 Å². The van der Waals surface area contributed by atoms with Crippen molar-refractivity contribution in [2.24, 2.45) is 10.9 Å². The number of esters is 1. The molecule has 1 aromatic heterocycles. The summed E-state index contributed by atoms with van der Waals surface area (Å²) in [5, 5.41) is 0. The van der Waals surface area contributed by atoms with Crippen LogP contribution in [0.25, 0.3) is 0 Å². The van der Waals surface area contributed by atoms with E-state index in [0.717, 1.165) is 22.6 Å². The Labute approximate surface area is 188 Å². The number of ether oxygens (including phenoxy) is 2. The van der Waals surface area contributed by atoms with Crippen molar-refractivity contribution < 1.29 is 19.1 Å². The predicted octanol–water partition coefficient (Wildman–Crippen LogP) is 4.62. The molecule has 0 fully saturated rings. The number of methoxy groups -OCH3 is 1. The Bertz CT molecular complexity index is 1070. The van der Waals surface area contributed by atoms with Gasteiger partial charge in [0.05, 0.1) is 13.2 Å². The van der Waals surface area contributed by atoms with E-state index in [1.54, 1.807) is 19.5 Å². The highest BCUT2D eigenvalue weighted by atomic mass is 16.5. The molecule has 2 aliphatic rings. The first-order chi connectivity index (χ1) is 15.4. The van der Waals surface area contributed by atoms with Gasteiger partial charge in [-0.15, -0.1) is 0 Å². The molecule has 0 bridgehead atoms. The number of allylic oxidation sites excluding steroid dienone is 2. The second kappa shape index (κ2) is 9.07. The summed E-state index contributed by atoms with van der Waals surface area (Å²) >= 11 is 0. The van der Waals surface area contributed by atoms with E-state index in [1.807, 2.05) is 57.2 Å². The molecule has 0 saturated heterocycles. The molecule has 1 aliphatic heterocycles. The van der Waals surface area contributed by atoms with Crippen LogP contribution in [-0.4, -0.2) is 35.7 Å². The average molecular weight is 433 g/mol. The van der Waals surface area contributed by atoms with Crippen LogP contribution in [0.1, 0.15) is 56.6 Å². The Morgan fingerprint density at radius 3 is 2.47 bits per heavy atom. The van der Waals surface area contributed by atoms with Crippen LogP contribution < -0.4 is 4.74 Å². The molecular weight excluding hydrogens is 404 g/mol. The molecule has 166 valence electrons. The van der Waals surface area contributed by atoms with Gasteiger partial charge in [0, 0.05) is 41.7 Å². The normalized spacial score (nSPS) is 23.0. The van der Waals surface area contributed by atoms with Crippen LogP contribution in [0.2, 0.25) is 0 Å². The van der Waals surface area contributed by atoms with Crippen LogP contribution >= 0.6 is 0 Å². The number of ketones is 1. The van der Waals surface area contributed by atoms with E-state index in [1.165, 1.54) is 0 Å². The number of hydrogen-bond acceptors (Lipinski definition) is 6. The van der Waals surface area contributed by atoms with Gasteiger partial charge in [-0.2, -0.15) is 0 Å². The van der Waals surface area contributed by atoms with Crippen LogP contribution in [0, 0.1) is 5.92 Å². The standard InChI is InChI=1S/C26H28N2O4/c1-15(2)32-26(30)23-16(3)28-21-12-19(17-7-9-20(31-4)10-8-17)13-22(29)25(21)24(23)18-6-5-11-27-14-18/h5-11,14-15,19,23-24H,12-13H2,1-4H3/t19-,23?,24+/m1/s1. The number of rotatable bonds is 5. The van der Waals surface area contributed by atoms with Crippen LogP contribution in [0.4, 0.5) is 0 Å². The van der Waals surface area contributed by atoms with Crippen LogP contribution in [0.5, 0.6) is 5.75 Å². The molecule has 1 aromatic carbocycles. The molecule has 4 rings (SSSR count). The van der Waals surface area contributed by atoms with Gasteiger partial charge < -0.3 is 9.47 Å². The molecule has 0 radical (unpaired) electrons. The minimum Gasteiger partial charge on any atom is -0.497 e. The number of nitrogens with zero attached hydrogens (tertiary/aromatic N) is 2. The first-order valence-corrected chi connectivity index (χ1v) is 10.9. The Kier molecular flexibility index (Phi) is 6.21. The summed E-state index contributed by atoms with van der Waals surface area (Å²) in [4.78, 5) is 35.6. The summed E-state index contributed by atoms with van der Waals surface area (Å²) in [7, 11) is 1.63. The smallest absolute Gasteiger partial charge is 0.315 e. The minimum atomic E-state index is -0.637. The van der Waals surface area contributed by atoms with Gasteiger partial charge in [-0.05, 0) is 62.4 Å². The molecule has 0 N–H and O–H groups in total. The SMILES string of the molecule is COc1ccc([C@H]2CC(=O)C3=C(C2)N=C(C)C(C(=O)OC(C)C)[C@@H]3c2cccnc2)cc1. The second-order valence-corrected chi connectivity index (χ2v) is 8.64. The zero-order valence-electron chi connectivity index (χ0n) is 18.9. The quantitative estimate of drug-likeness (QED) is 0.645. The fourth-order valence-electron chi connectivity index (χ4n) is 4.70. The number of benzene rings is 1. The molecule has 6 heteroatoms. The molecule has 0 amide bonds. The zero-order valence-corrected chi connectivity index (χ0v) is 18.9. The maximum atomic E-state index is 13.5. The van der Waals surface area contributed by atoms with Gasteiger partial charge in [-0.3, -0.25) is 19.6 Å². The average Bonchev–Trinajstić information content (AvgIpc) is 2.78. The fourth-order valence-corrected chi connectivity index (χ4v) is 4.70. The molecule has 0 spiro atoms. The molecule has 3 atom stereocenters. The van der Waals surface area contributed by atoms with Crippen molar-refractivity contribution in [1.29, 1.82) is 0 Å². The summed E-state index contributed by atoms with van der Waals surface area (Å²) < 4.78 is 10.8. The summed E-state index contributed by atoms with van der Waals surface area (Å²) in [6, 6.07) is 11.6. The summed E-state index contributed by atoms with van der Waals surface area (Å²) in [6.45, 7) is 5.49. The summed E-state index contributed by atoms with van der Waals surface area (Å²) in [6.07, 6.45) is 4.19. The molecule has 2 aromatic rings. The maximum absolute atomic E-state index is 13.5.